The van der Waals surface area contributed by atoms with Gasteiger partial charge in [0.05, 0.1) is 55.7 Å². The van der Waals surface area contributed by atoms with Gasteiger partial charge in [-0.3, -0.25) is 9.59 Å². The molecule has 78 heavy (non-hydrogen) atoms. The fourth-order valence-electron chi connectivity index (χ4n) is 9.19. The molecule has 0 aliphatic carbocycles. The van der Waals surface area contributed by atoms with Crippen LogP contribution in [0.25, 0.3) is 0 Å². The van der Waals surface area contributed by atoms with E-state index in [-0.39, 0.29) is 11.8 Å². The molecule has 0 radical (unpaired) electrons. The number of hydrogen-bond acceptors (Lipinski definition) is 14. The van der Waals surface area contributed by atoms with Crippen LogP contribution in [0.1, 0.15) is 177 Å². The van der Waals surface area contributed by atoms with E-state index in [0.29, 0.717) is 70.6 Å². The molecule has 2 amide bonds. The first kappa shape index (κ1) is 61.6. The number of tetrazole rings is 2. The Balaban J connectivity index is 0.000000287. The number of nitrogens with one attached hydrogen (secondary N) is 2. The molecule has 2 unspecified atom stereocenters. The van der Waals surface area contributed by atoms with Crippen molar-refractivity contribution in [2.45, 2.75) is 167 Å². The van der Waals surface area contributed by atoms with Crippen molar-refractivity contribution >= 4 is 23.2 Å². The van der Waals surface area contributed by atoms with Crippen LogP contribution in [0, 0.1) is 0 Å². The number of methoxy groups -OCH3 is 6. The second-order valence-electron chi connectivity index (χ2n) is 19.3. The molecule has 18 heteroatoms. The van der Waals surface area contributed by atoms with Gasteiger partial charge in [0.15, 0.2) is 11.6 Å². The van der Waals surface area contributed by atoms with Crippen molar-refractivity contribution in [2.75, 3.05) is 53.3 Å². The highest BCUT2D eigenvalue weighted by molar-refractivity contribution is 6.01. The zero-order valence-corrected chi connectivity index (χ0v) is 47.6. The summed E-state index contributed by atoms with van der Waals surface area (Å²) in [6, 6.07) is 25.7. The Bertz CT molecular complexity index is 2400. The summed E-state index contributed by atoms with van der Waals surface area (Å²) in [4.78, 5) is 30.6. The quantitative estimate of drug-likeness (QED) is 0.0352. The Morgan fingerprint density at radius 1 is 0.423 bits per heavy atom. The fraction of sp³-hybridized carbons (Fsp3) is 0.533. The third kappa shape index (κ3) is 19.6. The molecule has 6 rings (SSSR count). The van der Waals surface area contributed by atoms with Crippen molar-refractivity contribution in [3.05, 3.63) is 108 Å². The van der Waals surface area contributed by atoms with E-state index in [1.54, 1.807) is 48.1 Å². The molecule has 0 saturated heterocycles. The molecular weight excluding hydrogens is 989 g/mol. The van der Waals surface area contributed by atoms with E-state index in [2.05, 4.69) is 55.3 Å². The lowest BCUT2D eigenvalue weighted by atomic mass is 9.97. The van der Waals surface area contributed by atoms with E-state index in [0.717, 1.165) is 36.8 Å². The summed E-state index contributed by atoms with van der Waals surface area (Å²) in [6.07, 6.45) is 25.2. The van der Waals surface area contributed by atoms with Crippen LogP contribution in [0.3, 0.4) is 0 Å². The summed E-state index contributed by atoms with van der Waals surface area (Å²) in [6.45, 7) is 5.85. The number of nitrogens with zero attached hydrogens (tertiary/aromatic N) is 8. The standard InChI is InChI=1S/2C30H43N5O4/c2*1-5-6-7-8-9-10-11-12-13-17-20-35-33-29(32-34-35)27(23-18-15-14-16-19-23)30(36)31-28-25(38-3)21-24(37-2)22-26(28)39-4/h2*14-16,18-19,21-22,27H,5-13,17,20H2,1-4H3,(H,31,36). The van der Waals surface area contributed by atoms with Crippen molar-refractivity contribution in [3.8, 4) is 34.5 Å². The first-order chi connectivity index (χ1) is 38.2. The van der Waals surface area contributed by atoms with Crippen LogP contribution in [0.4, 0.5) is 11.4 Å². The summed E-state index contributed by atoms with van der Waals surface area (Å²) in [5.74, 6) is 1.32. The summed E-state index contributed by atoms with van der Waals surface area (Å²) in [5, 5.41) is 32.1. The molecule has 424 valence electrons. The minimum absolute atomic E-state index is 0.318. The SMILES string of the molecule is CCCCCCCCCCCCn1nnc(C(C(=O)Nc2c(OC)cc(OC)cc2OC)c2ccccc2)n1.CCCCCCCCCCCCn1nnc(C(C(=O)Nc2c(OC)cc(OC)cc2OC)c2ccccc2)n1. The van der Waals surface area contributed by atoms with Gasteiger partial charge >= 0.3 is 0 Å². The average molecular weight is 1080 g/mol. The summed E-state index contributed by atoms with van der Waals surface area (Å²) < 4.78 is 32.7. The average Bonchev–Trinajstić information content (AvgIpc) is 4.18. The van der Waals surface area contributed by atoms with Crippen molar-refractivity contribution in [2.24, 2.45) is 0 Å². The second kappa shape index (κ2) is 35.2. The van der Waals surface area contributed by atoms with Crippen molar-refractivity contribution in [1.82, 2.24) is 40.4 Å². The maximum atomic E-state index is 13.7. The van der Waals surface area contributed by atoms with Crippen LogP contribution >= 0.6 is 0 Å². The Labute approximate surface area is 462 Å². The van der Waals surface area contributed by atoms with Gasteiger partial charge in [0.25, 0.3) is 0 Å². The van der Waals surface area contributed by atoms with E-state index >= 15 is 0 Å². The van der Waals surface area contributed by atoms with Crippen LogP contribution in [0.5, 0.6) is 34.5 Å². The number of unbranched alkanes of at least 4 members (excludes halogenated alkanes) is 18. The molecule has 2 aromatic heterocycles. The number of carbonyl (C=O) groups excluding carboxylic acids is 2. The number of amides is 2. The third-order valence-corrected chi connectivity index (χ3v) is 13.6. The van der Waals surface area contributed by atoms with Gasteiger partial charge in [-0.05, 0) is 34.4 Å². The second-order valence-corrected chi connectivity index (χ2v) is 19.3. The number of ether oxygens (including phenoxy) is 6. The van der Waals surface area contributed by atoms with Crippen LogP contribution in [0.15, 0.2) is 84.9 Å². The molecule has 6 aromatic rings. The highest BCUT2D eigenvalue weighted by Crippen LogP contribution is 2.41. The Morgan fingerprint density at radius 3 is 1.00 bits per heavy atom. The van der Waals surface area contributed by atoms with Crippen LogP contribution in [-0.4, -0.2) is 94.9 Å². The molecule has 0 aliphatic heterocycles. The number of hydrogen-bond donors (Lipinski definition) is 2. The number of aromatic nitrogens is 8. The van der Waals surface area contributed by atoms with Crippen LogP contribution in [-0.2, 0) is 22.7 Å². The summed E-state index contributed by atoms with van der Waals surface area (Å²) in [5.41, 5.74) is 2.34. The predicted octanol–water partition coefficient (Wildman–Crippen LogP) is 12.8. The zero-order valence-electron chi connectivity index (χ0n) is 47.6. The number of anilines is 2. The predicted molar refractivity (Wildman–Crippen MR) is 305 cm³/mol. The Kier molecular flexibility index (Phi) is 27.8. The van der Waals surface area contributed by atoms with Crippen LogP contribution in [0.2, 0.25) is 0 Å². The number of carbonyl (C=O) groups is 2. The molecule has 0 fully saturated rings. The zero-order chi connectivity index (χ0) is 55.7. The molecular formula is C60H86N10O8. The first-order valence-corrected chi connectivity index (χ1v) is 28.1. The molecule has 2 atom stereocenters. The highest BCUT2D eigenvalue weighted by atomic mass is 16.5. The molecule has 0 bridgehead atoms. The fourth-order valence-corrected chi connectivity index (χ4v) is 9.19. The van der Waals surface area contributed by atoms with E-state index in [4.69, 9.17) is 28.4 Å². The molecule has 18 nitrogen and oxygen atoms in total. The normalized spacial score (nSPS) is 11.7. The smallest absolute Gasteiger partial charge is 0.240 e. The minimum Gasteiger partial charge on any atom is -0.496 e. The summed E-state index contributed by atoms with van der Waals surface area (Å²) >= 11 is 0. The molecule has 2 N–H and O–H groups in total. The largest absolute Gasteiger partial charge is 0.496 e. The van der Waals surface area contributed by atoms with Gasteiger partial charge in [-0.1, -0.05) is 190 Å². The monoisotopic (exact) mass is 1070 g/mol. The van der Waals surface area contributed by atoms with Crippen molar-refractivity contribution in [3.63, 3.8) is 0 Å². The summed E-state index contributed by atoms with van der Waals surface area (Å²) in [7, 11) is 9.22. The number of aryl methyl sites for hydroxylation is 2. The third-order valence-electron chi connectivity index (χ3n) is 13.6. The van der Waals surface area contributed by atoms with Gasteiger partial charge in [0.1, 0.15) is 57.7 Å². The van der Waals surface area contributed by atoms with E-state index in [9.17, 15) is 9.59 Å². The van der Waals surface area contributed by atoms with Crippen molar-refractivity contribution < 1.29 is 38.0 Å². The lowest BCUT2D eigenvalue weighted by Gasteiger charge is -2.18. The van der Waals surface area contributed by atoms with E-state index in [1.165, 1.54) is 131 Å². The topological polar surface area (TPSA) is 201 Å². The highest BCUT2D eigenvalue weighted by Gasteiger charge is 2.31. The van der Waals surface area contributed by atoms with Gasteiger partial charge in [-0.15, -0.1) is 20.4 Å². The Morgan fingerprint density at radius 2 is 0.718 bits per heavy atom. The van der Waals surface area contributed by atoms with Gasteiger partial charge < -0.3 is 39.1 Å². The Hall–Kier alpha value is -7.24. The molecule has 0 saturated carbocycles. The number of benzene rings is 4. The lowest BCUT2D eigenvalue weighted by Crippen LogP contribution is -2.24. The van der Waals surface area contributed by atoms with E-state index in [1.807, 2.05) is 60.7 Å². The van der Waals surface area contributed by atoms with Gasteiger partial charge in [0.2, 0.25) is 11.8 Å². The van der Waals surface area contributed by atoms with Crippen LogP contribution < -0.4 is 39.1 Å². The van der Waals surface area contributed by atoms with Gasteiger partial charge in [0, 0.05) is 24.3 Å². The first-order valence-electron chi connectivity index (χ1n) is 28.1. The van der Waals surface area contributed by atoms with Crippen molar-refractivity contribution in [1.29, 1.82) is 0 Å². The lowest BCUT2D eigenvalue weighted by molar-refractivity contribution is -0.117. The maximum Gasteiger partial charge on any atom is 0.240 e. The maximum absolute atomic E-state index is 13.7. The molecule has 0 spiro atoms. The molecule has 0 aliphatic rings. The minimum atomic E-state index is -0.760. The molecule has 2 heterocycles. The molecule has 4 aromatic carbocycles. The van der Waals surface area contributed by atoms with E-state index < -0.39 is 11.8 Å². The van der Waals surface area contributed by atoms with Gasteiger partial charge in [-0.25, -0.2) is 0 Å². The number of rotatable bonds is 36. The van der Waals surface area contributed by atoms with Gasteiger partial charge in [-0.2, -0.15) is 9.59 Å².